The van der Waals surface area contributed by atoms with Gasteiger partial charge in [-0.3, -0.25) is 4.79 Å². The van der Waals surface area contributed by atoms with Crippen molar-refractivity contribution in [2.45, 2.75) is 31.4 Å². The van der Waals surface area contributed by atoms with Gasteiger partial charge in [0.1, 0.15) is 4.83 Å². The Kier molecular flexibility index (Phi) is 4.32. The molecule has 0 saturated carbocycles. The molecule has 0 saturated heterocycles. The molecule has 2 nitrogen and oxygen atoms in total. The number of hydrogen-bond donors (Lipinski definition) is 0. The maximum atomic E-state index is 10.9. The van der Waals surface area contributed by atoms with Gasteiger partial charge in [-0.15, -0.1) is 0 Å². The van der Waals surface area contributed by atoms with Crippen LogP contribution in [0.3, 0.4) is 0 Å². The van der Waals surface area contributed by atoms with Crippen molar-refractivity contribution >= 4 is 30.0 Å². The van der Waals surface area contributed by atoms with Gasteiger partial charge in [0.2, 0.25) is 0 Å². The first-order valence-electron chi connectivity index (χ1n) is 3.63. The molecule has 4 heteroatoms. The first-order chi connectivity index (χ1) is 4.83. The van der Waals surface area contributed by atoms with Crippen LogP contribution in [0.5, 0.6) is 0 Å². The summed E-state index contributed by atoms with van der Waals surface area (Å²) in [5.74, 6) is -0.160. The maximum Gasteiger partial charge on any atom is 0.319 e. The minimum absolute atomic E-state index is 0.160. The maximum absolute atomic E-state index is 10.9. The zero-order valence-corrected chi connectivity index (χ0v) is 10.1. The first kappa shape index (κ1) is 11.2. The average molecular weight is 239 g/mol. The molecule has 0 aliphatic heterocycles. The molecular weight excluding hydrogens is 224 g/mol. The van der Waals surface area contributed by atoms with Crippen LogP contribution in [0, 0.1) is 0 Å². The van der Waals surface area contributed by atoms with Crippen molar-refractivity contribution in [3.63, 3.8) is 0 Å². The van der Waals surface area contributed by atoms with Gasteiger partial charge in [0, 0.05) is 0 Å². The zero-order valence-electron chi connectivity index (χ0n) is 7.48. The molecule has 11 heavy (non-hydrogen) atoms. The standard InChI is InChI=1S/C7H15BrO2Si/c1-6(8)7(9)10-5-11(2,3)4/h6H,5H2,1-4H3. The van der Waals surface area contributed by atoms with Crippen molar-refractivity contribution < 1.29 is 9.53 Å². The molecule has 0 aromatic heterocycles. The summed E-state index contributed by atoms with van der Waals surface area (Å²) in [6, 6.07) is 0. The van der Waals surface area contributed by atoms with Crippen LogP contribution in [0.25, 0.3) is 0 Å². The Bertz CT molecular complexity index is 140. The summed E-state index contributed by atoms with van der Waals surface area (Å²) >= 11 is 3.15. The molecule has 0 amide bonds. The lowest BCUT2D eigenvalue weighted by molar-refractivity contribution is -0.140. The van der Waals surface area contributed by atoms with Gasteiger partial charge in [0.25, 0.3) is 0 Å². The fourth-order valence-electron chi connectivity index (χ4n) is 0.402. The Hall–Kier alpha value is 0.167. The van der Waals surface area contributed by atoms with Crippen molar-refractivity contribution in [3.05, 3.63) is 0 Å². The Morgan fingerprint density at radius 1 is 1.55 bits per heavy atom. The largest absolute Gasteiger partial charge is 0.469 e. The van der Waals surface area contributed by atoms with E-state index in [0.29, 0.717) is 6.23 Å². The molecule has 0 N–H and O–H groups in total. The predicted molar refractivity (Wildman–Crippen MR) is 52.7 cm³/mol. The number of ether oxygens (including phenoxy) is 1. The summed E-state index contributed by atoms with van der Waals surface area (Å²) in [6.45, 7) is 8.27. The van der Waals surface area contributed by atoms with Crippen molar-refractivity contribution in [1.29, 1.82) is 0 Å². The van der Waals surface area contributed by atoms with E-state index in [9.17, 15) is 4.79 Å². The van der Waals surface area contributed by atoms with Gasteiger partial charge < -0.3 is 4.74 Å². The van der Waals surface area contributed by atoms with Crippen LogP contribution < -0.4 is 0 Å². The monoisotopic (exact) mass is 238 g/mol. The second-order valence-corrected chi connectivity index (χ2v) is 10.6. The minimum atomic E-state index is -1.23. The van der Waals surface area contributed by atoms with Crippen LogP contribution in [0.4, 0.5) is 0 Å². The lowest BCUT2D eigenvalue weighted by Crippen LogP contribution is -2.31. The van der Waals surface area contributed by atoms with Crippen molar-refractivity contribution in [2.24, 2.45) is 0 Å². The van der Waals surface area contributed by atoms with Gasteiger partial charge in [-0.25, -0.2) is 0 Å². The molecule has 0 aromatic rings. The smallest absolute Gasteiger partial charge is 0.319 e. The fraction of sp³-hybridized carbons (Fsp3) is 0.857. The van der Waals surface area contributed by atoms with E-state index in [0.717, 1.165) is 0 Å². The molecule has 0 radical (unpaired) electrons. The van der Waals surface area contributed by atoms with Crippen LogP contribution in [-0.4, -0.2) is 25.1 Å². The van der Waals surface area contributed by atoms with E-state index in [2.05, 4.69) is 35.6 Å². The number of carbonyl (C=O) groups is 1. The van der Waals surface area contributed by atoms with Gasteiger partial charge >= 0.3 is 5.97 Å². The number of halogens is 1. The highest BCUT2D eigenvalue weighted by molar-refractivity contribution is 9.10. The summed E-state index contributed by atoms with van der Waals surface area (Å²) in [4.78, 5) is 10.8. The molecule has 0 bridgehead atoms. The number of hydrogen-bond acceptors (Lipinski definition) is 2. The normalized spacial score (nSPS) is 14.3. The van der Waals surface area contributed by atoms with Gasteiger partial charge in [0.05, 0.1) is 14.3 Å². The highest BCUT2D eigenvalue weighted by Crippen LogP contribution is 2.05. The topological polar surface area (TPSA) is 26.3 Å². The fourth-order valence-corrected chi connectivity index (χ4v) is 1.11. The molecule has 1 atom stereocenters. The molecular formula is C7H15BrO2Si. The summed E-state index contributed by atoms with van der Waals surface area (Å²) in [6.07, 6.45) is 0.613. The molecule has 0 aromatic carbocycles. The lowest BCUT2D eigenvalue weighted by Gasteiger charge is -2.16. The Labute approximate surface area is 77.5 Å². The second kappa shape index (κ2) is 4.26. The predicted octanol–water partition coefficient (Wildman–Crippen LogP) is 2.19. The molecule has 0 rings (SSSR count). The molecule has 0 fully saturated rings. The lowest BCUT2D eigenvalue weighted by atomic mass is 10.5. The zero-order chi connectivity index (χ0) is 9.07. The molecule has 0 aliphatic carbocycles. The van der Waals surface area contributed by atoms with E-state index in [1.165, 1.54) is 0 Å². The van der Waals surface area contributed by atoms with Crippen LogP contribution in [0.15, 0.2) is 0 Å². The molecule has 0 heterocycles. The van der Waals surface area contributed by atoms with E-state index in [4.69, 9.17) is 4.74 Å². The summed E-state index contributed by atoms with van der Waals surface area (Å²) in [5, 5.41) is 0. The minimum Gasteiger partial charge on any atom is -0.469 e. The van der Waals surface area contributed by atoms with Gasteiger partial charge in [-0.1, -0.05) is 35.6 Å². The third-order valence-corrected chi connectivity index (χ3v) is 2.36. The molecule has 0 aliphatic rings. The van der Waals surface area contributed by atoms with Crippen LogP contribution in [-0.2, 0) is 9.53 Å². The van der Waals surface area contributed by atoms with Crippen molar-refractivity contribution in [2.75, 3.05) is 6.23 Å². The van der Waals surface area contributed by atoms with Crippen molar-refractivity contribution in [3.8, 4) is 0 Å². The second-order valence-electron chi connectivity index (χ2n) is 3.78. The van der Waals surface area contributed by atoms with Crippen LogP contribution >= 0.6 is 15.9 Å². The third kappa shape index (κ3) is 6.56. The van der Waals surface area contributed by atoms with Crippen molar-refractivity contribution in [1.82, 2.24) is 0 Å². The van der Waals surface area contributed by atoms with E-state index in [1.807, 2.05) is 0 Å². The van der Waals surface area contributed by atoms with Gasteiger partial charge in [-0.2, -0.15) is 0 Å². The van der Waals surface area contributed by atoms with Crippen LogP contribution in [0.1, 0.15) is 6.92 Å². The highest BCUT2D eigenvalue weighted by Gasteiger charge is 2.18. The average Bonchev–Trinajstić information content (AvgIpc) is 1.80. The quantitative estimate of drug-likeness (QED) is 0.428. The Balaban J connectivity index is 3.64. The summed E-state index contributed by atoms with van der Waals surface area (Å²) < 4.78 is 5.04. The van der Waals surface area contributed by atoms with Gasteiger partial charge in [-0.05, 0) is 6.92 Å². The molecule has 1 unspecified atom stereocenters. The number of esters is 1. The van der Waals surface area contributed by atoms with E-state index in [-0.39, 0.29) is 10.8 Å². The molecule has 66 valence electrons. The number of carbonyl (C=O) groups excluding carboxylic acids is 1. The SMILES string of the molecule is CC(Br)C(=O)OC[Si](C)(C)C. The van der Waals surface area contributed by atoms with E-state index >= 15 is 0 Å². The van der Waals surface area contributed by atoms with Crippen LogP contribution in [0.2, 0.25) is 19.6 Å². The highest BCUT2D eigenvalue weighted by atomic mass is 79.9. The van der Waals surface area contributed by atoms with E-state index in [1.54, 1.807) is 6.92 Å². The summed E-state index contributed by atoms with van der Waals surface area (Å²) in [5.41, 5.74) is 0. The van der Waals surface area contributed by atoms with Gasteiger partial charge in [0.15, 0.2) is 0 Å². The Morgan fingerprint density at radius 2 is 2.00 bits per heavy atom. The molecule has 0 spiro atoms. The Morgan fingerprint density at radius 3 is 2.27 bits per heavy atom. The van der Waals surface area contributed by atoms with E-state index < -0.39 is 8.07 Å². The number of alkyl halides is 1. The third-order valence-electron chi connectivity index (χ3n) is 0.972. The summed E-state index contributed by atoms with van der Waals surface area (Å²) in [7, 11) is -1.23. The first-order valence-corrected chi connectivity index (χ1v) is 8.26. The number of rotatable bonds is 3.